The lowest BCUT2D eigenvalue weighted by Gasteiger charge is -2.35. The molecule has 2 aliphatic carbocycles. The molecule has 0 radical (unpaired) electrons. The second kappa shape index (κ2) is 7.74. The third kappa shape index (κ3) is 3.94. The van der Waals surface area contributed by atoms with E-state index >= 15 is 0 Å². The molecule has 3 aliphatic rings. The van der Waals surface area contributed by atoms with Crippen molar-refractivity contribution in [2.24, 2.45) is 0 Å². The van der Waals surface area contributed by atoms with Gasteiger partial charge in [0, 0.05) is 0 Å². The zero-order chi connectivity index (χ0) is 13.6. The highest BCUT2D eigenvalue weighted by atomic mass is 16.6. The van der Waals surface area contributed by atoms with Gasteiger partial charge in [0.1, 0.15) is 0 Å². The van der Waals surface area contributed by atoms with Crippen LogP contribution in [-0.2, 0) is 18.9 Å². The number of hydrogen-bond donors (Lipinski definition) is 0. The second-order valence-corrected chi connectivity index (χ2v) is 6.21. The smallest absolute Gasteiger partial charge is 0.0837 e. The lowest BCUT2D eigenvalue weighted by molar-refractivity contribution is -0.153. The Morgan fingerprint density at radius 1 is 0.400 bits per heavy atom. The van der Waals surface area contributed by atoms with E-state index < -0.39 is 0 Å². The molecule has 4 heteroatoms. The molecule has 0 aromatic carbocycles. The molecule has 0 aromatic rings. The molecule has 4 nitrogen and oxygen atoms in total. The summed E-state index contributed by atoms with van der Waals surface area (Å²) in [6.45, 7) is 2.75. The lowest BCUT2D eigenvalue weighted by Crippen LogP contribution is -2.40. The Kier molecular flexibility index (Phi) is 5.71. The summed E-state index contributed by atoms with van der Waals surface area (Å²) in [5.74, 6) is 0. The van der Waals surface area contributed by atoms with Crippen molar-refractivity contribution in [1.29, 1.82) is 0 Å². The Bertz CT molecular complexity index is 228. The predicted octanol–water partition coefficient (Wildman–Crippen LogP) is 2.69. The molecule has 116 valence electrons. The maximum atomic E-state index is 6.01. The third-order valence-electron chi connectivity index (χ3n) is 4.78. The molecular weight excluding hydrogens is 256 g/mol. The third-order valence-corrected chi connectivity index (χ3v) is 4.78. The van der Waals surface area contributed by atoms with Crippen LogP contribution in [0.3, 0.4) is 0 Å². The predicted molar refractivity (Wildman–Crippen MR) is 75.9 cm³/mol. The Balaban J connectivity index is 1.54. The van der Waals surface area contributed by atoms with E-state index in [0.29, 0.717) is 26.4 Å². The molecule has 20 heavy (non-hydrogen) atoms. The number of ether oxygens (including phenoxy) is 4. The van der Waals surface area contributed by atoms with Gasteiger partial charge in [0.25, 0.3) is 0 Å². The first-order chi connectivity index (χ1) is 9.93. The minimum atomic E-state index is 0.258. The first kappa shape index (κ1) is 14.8. The first-order valence-electron chi connectivity index (χ1n) is 8.40. The average molecular weight is 284 g/mol. The topological polar surface area (TPSA) is 36.9 Å². The summed E-state index contributed by atoms with van der Waals surface area (Å²) in [6, 6.07) is 0. The fourth-order valence-electron chi connectivity index (χ4n) is 3.69. The molecule has 0 unspecified atom stereocenters. The Morgan fingerprint density at radius 2 is 0.650 bits per heavy atom. The summed E-state index contributed by atoms with van der Waals surface area (Å²) in [5.41, 5.74) is 0. The zero-order valence-electron chi connectivity index (χ0n) is 12.4. The fraction of sp³-hybridized carbons (Fsp3) is 1.00. The van der Waals surface area contributed by atoms with Crippen LogP contribution < -0.4 is 0 Å². The van der Waals surface area contributed by atoms with Crippen molar-refractivity contribution in [2.45, 2.75) is 75.8 Å². The van der Waals surface area contributed by atoms with E-state index in [-0.39, 0.29) is 24.4 Å². The summed E-state index contributed by atoms with van der Waals surface area (Å²) in [7, 11) is 0. The van der Waals surface area contributed by atoms with Crippen molar-refractivity contribution in [3.05, 3.63) is 0 Å². The van der Waals surface area contributed by atoms with Crippen molar-refractivity contribution < 1.29 is 18.9 Å². The minimum absolute atomic E-state index is 0.258. The van der Waals surface area contributed by atoms with Gasteiger partial charge in [0.15, 0.2) is 0 Å². The molecule has 4 atom stereocenters. The molecule has 3 fully saturated rings. The molecule has 0 N–H and O–H groups in total. The minimum Gasteiger partial charge on any atom is -0.373 e. The lowest BCUT2D eigenvalue weighted by atomic mass is 9.94. The molecule has 1 saturated heterocycles. The zero-order valence-corrected chi connectivity index (χ0v) is 12.4. The molecular formula is C16H28O4. The maximum Gasteiger partial charge on any atom is 0.0837 e. The van der Waals surface area contributed by atoms with E-state index in [4.69, 9.17) is 18.9 Å². The monoisotopic (exact) mass is 284 g/mol. The molecule has 0 amide bonds. The standard InChI is InChI=1S/C16H28O4/c1-2-6-14-13(5-1)17-9-10-19-15-7-3-4-8-16(15)20-12-11-18-14/h13-16H,1-12H2/t13-,14-,15-,16+/m1/s1. The quantitative estimate of drug-likeness (QED) is 0.685. The van der Waals surface area contributed by atoms with Crippen LogP contribution in [0.4, 0.5) is 0 Å². The van der Waals surface area contributed by atoms with Gasteiger partial charge in [0.2, 0.25) is 0 Å². The first-order valence-corrected chi connectivity index (χ1v) is 8.40. The van der Waals surface area contributed by atoms with Crippen molar-refractivity contribution in [1.82, 2.24) is 0 Å². The van der Waals surface area contributed by atoms with Crippen molar-refractivity contribution in [3.8, 4) is 0 Å². The highest BCUT2D eigenvalue weighted by Gasteiger charge is 2.29. The number of rotatable bonds is 0. The van der Waals surface area contributed by atoms with Crippen molar-refractivity contribution >= 4 is 0 Å². The normalized spacial score (nSPS) is 40.8. The highest BCUT2D eigenvalue weighted by Crippen LogP contribution is 2.26. The summed E-state index contributed by atoms with van der Waals surface area (Å²) in [6.07, 6.45) is 10.5. The van der Waals surface area contributed by atoms with Crippen LogP contribution in [0.2, 0.25) is 0 Å². The van der Waals surface area contributed by atoms with E-state index in [2.05, 4.69) is 0 Å². The Labute approximate surface area is 122 Å². The van der Waals surface area contributed by atoms with Crippen LogP contribution in [0, 0.1) is 0 Å². The second-order valence-electron chi connectivity index (χ2n) is 6.21. The van der Waals surface area contributed by atoms with Gasteiger partial charge in [0.05, 0.1) is 50.8 Å². The van der Waals surface area contributed by atoms with E-state index in [9.17, 15) is 0 Å². The molecule has 1 heterocycles. The summed E-state index contributed by atoms with van der Waals surface area (Å²) >= 11 is 0. The van der Waals surface area contributed by atoms with Crippen molar-refractivity contribution in [3.63, 3.8) is 0 Å². The van der Waals surface area contributed by atoms with E-state index in [1.807, 2.05) is 0 Å². The van der Waals surface area contributed by atoms with Crippen LogP contribution in [-0.4, -0.2) is 50.8 Å². The number of fused-ring (bicyclic) bond motifs is 2. The van der Waals surface area contributed by atoms with Crippen molar-refractivity contribution in [2.75, 3.05) is 26.4 Å². The van der Waals surface area contributed by atoms with Crippen LogP contribution in [0.25, 0.3) is 0 Å². The molecule has 3 rings (SSSR count). The van der Waals surface area contributed by atoms with Gasteiger partial charge in [-0.25, -0.2) is 0 Å². The summed E-state index contributed by atoms with van der Waals surface area (Å²) in [4.78, 5) is 0. The van der Waals surface area contributed by atoms with Crippen LogP contribution in [0.15, 0.2) is 0 Å². The highest BCUT2D eigenvalue weighted by molar-refractivity contribution is 4.79. The van der Waals surface area contributed by atoms with Gasteiger partial charge in [-0.2, -0.15) is 0 Å². The molecule has 1 aliphatic heterocycles. The average Bonchev–Trinajstić information content (AvgIpc) is 2.49. The van der Waals surface area contributed by atoms with E-state index in [1.54, 1.807) is 0 Å². The van der Waals surface area contributed by atoms with Gasteiger partial charge >= 0.3 is 0 Å². The maximum absolute atomic E-state index is 6.01. The van der Waals surface area contributed by atoms with Gasteiger partial charge < -0.3 is 18.9 Å². The summed E-state index contributed by atoms with van der Waals surface area (Å²) in [5, 5.41) is 0. The van der Waals surface area contributed by atoms with Crippen LogP contribution >= 0.6 is 0 Å². The molecule has 0 spiro atoms. The largest absolute Gasteiger partial charge is 0.373 e. The van der Waals surface area contributed by atoms with Gasteiger partial charge in [-0.3, -0.25) is 0 Å². The van der Waals surface area contributed by atoms with Crippen LogP contribution in [0.5, 0.6) is 0 Å². The van der Waals surface area contributed by atoms with E-state index in [1.165, 1.54) is 25.7 Å². The van der Waals surface area contributed by atoms with Gasteiger partial charge in [-0.1, -0.05) is 25.7 Å². The van der Waals surface area contributed by atoms with Crippen LogP contribution in [0.1, 0.15) is 51.4 Å². The summed E-state index contributed by atoms with van der Waals surface area (Å²) < 4.78 is 24.0. The Morgan fingerprint density at radius 3 is 0.900 bits per heavy atom. The fourth-order valence-corrected chi connectivity index (χ4v) is 3.69. The number of hydrogen-bond acceptors (Lipinski definition) is 4. The molecule has 2 saturated carbocycles. The molecule has 0 aromatic heterocycles. The Hall–Kier alpha value is -0.160. The van der Waals surface area contributed by atoms with Gasteiger partial charge in [-0.15, -0.1) is 0 Å². The van der Waals surface area contributed by atoms with E-state index in [0.717, 1.165) is 25.7 Å². The molecule has 0 bridgehead atoms. The SMILES string of the molecule is C1CC[C@H]2OCCO[C@@H]3CCCC[C@H]3OCCO[C@H]2C1. The van der Waals surface area contributed by atoms with Gasteiger partial charge in [-0.05, 0) is 25.7 Å².